The van der Waals surface area contributed by atoms with Gasteiger partial charge in [-0.1, -0.05) is 57.0 Å². The fraction of sp³-hybridized carbons (Fsp3) is 0.667. The van der Waals surface area contributed by atoms with Crippen LogP contribution in [0.1, 0.15) is 45.1 Å². The predicted molar refractivity (Wildman–Crippen MR) is 84.5 cm³/mol. The SMILES string of the molecule is CCN(Cc1ccccc1)CC1(CO)CCC(C)CC1. The third kappa shape index (κ3) is 4.07. The van der Waals surface area contributed by atoms with E-state index in [2.05, 4.69) is 49.1 Å². The smallest absolute Gasteiger partial charge is 0.0499 e. The first-order valence-corrected chi connectivity index (χ1v) is 8.04. The van der Waals surface area contributed by atoms with Crippen molar-refractivity contribution in [3.05, 3.63) is 35.9 Å². The molecule has 1 aromatic carbocycles. The Balaban J connectivity index is 1.97. The molecule has 1 fully saturated rings. The van der Waals surface area contributed by atoms with Gasteiger partial charge < -0.3 is 5.11 Å². The molecule has 2 rings (SSSR count). The Labute approximate surface area is 123 Å². The van der Waals surface area contributed by atoms with E-state index >= 15 is 0 Å². The molecule has 0 saturated heterocycles. The Kier molecular flexibility index (Phi) is 5.62. The zero-order chi connectivity index (χ0) is 14.4. The maximum absolute atomic E-state index is 9.91. The molecule has 0 radical (unpaired) electrons. The highest BCUT2D eigenvalue weighted by molar-refractivity contribution is 5.14. The minimum Gasteiger partial charge on any atom is -0.396 e. The minimum atomic E-state index is 0.136. The van der Waals surface area contributed by atoms with Crippen LogP contribution in [0.25, 0.3) is 0 Å². The van der Waals surface area contributed by atoms with E-state index in [4.69, 9.17) is 0 Å². The summed E-state index contributed by atoms with van der Waals surface area (Å²) in [5, 5.41) is 9.91. The van der Waals surface area contributed by atoms with Gasteiger partial charge in [0.2, 0.25) is 0 Å². The molecule has 112 valence electrons. The van der Waals surface area contributed by atoms with E-state index in [1.165, 1.54) is 31.2 Å². The zero-order valence-corrected chi connectivity index (χ0v) is 13.0. The molecule has 0 heterocycles. The summed E-state index contributed by atoms with van der Waals surface area (Å²) in [5.41, 5.74) is 1.50. The summed E-state index contributed by atoms with van der Waals surface area (Å²) >= 11 is 0. The van der Waals surface area contributed by atoms with Gasteiger partial charge >= 0.3 is 0 Å². The van der Waals surface area contributed by atoms with Crippen LogP contribution in [0.4, 0.5) is 0 Å². The minimum absolute atomic E-state index is 0.136. The lowest BCUT2D eigenvalue weighted by Gasteiger charge is -2.41. The first-order valence-electron chi connectivity index (χ1n) is 8.04. The van der Waals surface area contributed by atoms with E-state index in [0.717, 1.165) is 25.6 Å². The van der Waals surface area contributed by atoms with Gasteiger partial charge in [-0.05, 0) is 30.9 Å². The zero-order valence-electron chi connectivity index (χ0n) is 13.0. The van der Waals surface area contributed by atoms with E-state index in [-0.39, 0.29) is 5.41 Å². The summed E-state index contributed by atoms with van der Waals surface area (Å²) in [6.07, 6.45) is 4.89. The van der Waals surface area contributed by atoms with E-state index in [1.54, 1.807) is 0 Å². The van der Waals surface area contributed by atoms with Gasteiger partial charge in [-0.15, -0.1) is 0 Å². The third-order valence-electron chi connectivity index (χ3n) is 4.93. The van der Waals surface area contributed by atoms with Crippen molar-refractivity contribution in [1.29, 1.82) is 0 Å². The molecule has 2 heteroatoms. The van der Waals surface area contributed by atoms with Crippen molar-refractivity contribution < 1.29 is 5.11 Å². The van der Waals surface area contributed by atoms with Crippen LogP contribution < -0.4 is 0 Å². The van der Waals surface area contributed by atoms with E-state index in [1.807, 2.05) is 0 Å². The first-order chi connectivity index (χ1) is 9.67. The maximum atomic E-state index is 9.91. The molecule has 1 aliphatic rings. The molecule has 2 nitrogen and oxygen atoms in total. The fourth-order valence-corrected chi connectivity index (χ4v) is 3.34. The van der Waals surface area contributed by atoms with Gasteiger partial charge in [-0.25, -0.2) is 0 Å². The van der Waals surface area contributed by atoms with Crippen molar-refractivity contribution in [2.75, 3.05) is 19.7 Å². The largest absolute Gasteiger partial charge is 0.396 e. The highest BCUT2D eigenvalue weighted by Gasteiger charge is 2.34. The molecule has 0 aliphatic heterocycles. The van der Waals surface area contributed by atoms with Gasteiger partial charge in [0.15, 0.2) is 0 Å². The van der Waals surface area contributed by atoms with Gasteiger partial charge in [0, 0.05) is 25.1 Å². The Morgan fingerprint density at radius 3 is 2.40 bits per heavy atom. The monoisotopic (exact) mass is 275 g/mol. The highest BCUT2D eigenvalue weighted by Crippen LogP contribution is 2.39. The molecule has 0 amide bonds. The lowest BCUT2D eigenvalue weighted by molar-refractivity contribution is 0.0284. The molecule has 1 N–H and O–H groups in total. The number of hydrogen-bond donors (Lipinski definition) is 1. The molecular weight excluding hydrogens is 246 g/mol. The van der Waals surface area contributed by atoms with Crippen LogP contribution in [0, 0.1) is 11.3 Å². The lowest BCUT2D eigenvalue weighted by atomic mass is 9.71. The van der Waals surface area contributed by atoms with Crippen molar-refractivity contribution in [2.45, 2.75) is 46.1 Å². The van der Waals surface area contributed by atoms with E-state index < -0.39 is 0 Å². The van der Waals surface area contributed by atoms with Crippen molar-refractivity contribution >= 4 is 0 Å². The van der Waals surface area contributed by atoms with Crippen LogP contribution in [-0.2, 0) is 6.54 Å². The molecule has 0 unspecified atom stereocenters. The number of aliphatic hydroxyl groups is 1. The standard InChI is InChI=1S/C18H29NO/c1-3-19(13-17-7-5-4-6-8-17)14-18(15-20)11-9-16(2)10-12-18/h4-8,16,20H,3,9-15H2,1-2H3. The van der Waals surface area contributed by atoms with Gasteiger partial charge in [0.05, 0.1) is 0 Å². The molecule has 0 spiro atoms. The van der Waals surface area contributed by atoms with Gasteiger partial charge in [0.25, 0.3) is 0 Å². The Morgan fingerprint density at radius 2 is 1.85 bits per heavy atom. The topological polar surface area (TPSA) is 23.5 Å². The summed E-state index contributed by atoms with van der Waals surface area (Å²) in [5.74, 6) is 0.832. The predicted octanol–water partition coefficient (Wildman–Crippen LogP) is 3.70. The average Bonchev–Trinajstić information content (AvgIpc) is 2.50. The second kappa shape index (κ2) is 7.24. The summed E-state index contributed by atoms with van der Waals surface area (Å²) in [7, 11) is 0. The van der Waals surface area contributed by atoms with Crippen molar-refractivity contribution in [2.24, 2.45) is 11.3 Å². The Hall–Kier alpha value is -0.860. The van der Waals surface area contributed by atoms with Crippen LogP contribution in [-0.4, -0.2) is 29.7 Å². The van der Waals surface area contributed by atoms with Crippen LogP contribution in [0.5, 0.6) is 0 Å². The molecule has 0 aromatic heterocycles. The van der Waals surface area contributed by atoms with Crippen molar-refractivity contribution in [3.8, 4) is 0 Å². The van der Waals surface area contributed by atoms with Crippen LogP contribution in [0.2, 0.25) is 0 Å². The average molecular weight is 275 g/mol. The van der Waals surface area contributed by atoms with Gasteiger partial charge in [0.1, 0.15) is 0 Å². The number of rotatable bonds is 6. The normalized spacial score (nSPS) is 26.9. The molecule has 1 aromatic rings. The summed E-state index contributed by atoms with van der Waals surface area (Å²) in [4.78, 5) is 2.49. The Bertz CT molecular complexity index is 382. The summed E-state index contributed by atoms with van der Waals surface area (Å²) < 4.78 is 0. The van der Waals surface area contributed by atoms with Crippen LogP contribution >= 0.6 is 0 Å². The van der Waals surface area contributed by atoms with E-state index in [9.17, 15) is 5.11 Å². The lowest BCUT2D eigenvalue weighted by Crippen LogP contribution is -2.42. The summed E-state index contributed by atoms with van der Waals surface area (Å²) in [6, 6.07) is 10.7. The third-order valence-corrected chi connectivity index (χ3v) is 4.93. The number of nitrogens with zero attached hydrogens (tertiary/aromatic N) is 1. The summed E-state index contributed by atoms with van der Waals surface area (Å²) in [6.45, 7) is 7.97. The quantitative estimate of drug-likeness (QED) is 0.855. The van der Waals surface area contributed by atoms with Crippen molar-refractivity contribution in [1.82, 2.24) is 4.90 Å². The van der Waals surface area contributed by atoms with E-state index in [0.29, 0.717) is 6.61 Å². The number of hydrogen-bond acceptors (Lipinski definition) is 2. The molecule has 1 aliphatic carbocycles. The first kappa shape index (κ1) is 15.5. The second-order valence-electron chi connectivity index (χ2n) is 6.63. The maximum Gasteiger partial charge on any atom is 0.0499 e. The molecule has 0 atom stereocenters. The molecule has 20 heavy (non-hydrogen) atoms. The molecular formula is C18H29NO. The van der Waals surface area contributed by atoms with Crippen LogP contribution in [0.15, 0.2) is 30.3 Å². The second-order valence-corrected chi connectivity index (χ2v) is 6.63. The van der Waals surface area contributed by atoms with Crippen molar-refractivity contribution in [3.63, 3.8) is 0 Å². The molecule has 0 bridgehead atoms. The van der Waals surface area contributed by atoms with Crippen LogP contribution in [0.3, 0.4) is 0 Å². The van der Waals surface area contributed by atoms with Gasteiger partial charge in [-0.2, -0.15) is 0 Å². The Morgan fingerprint density at radius 1 is 1.20 bits per heavy atom. The number of benzene rings is 1. The fourth-order valence-electron chi connectivity index (χ4n) is 3.34. The number of aliphatic hydroxyl groups excluding tert-OH is 1. The molecule has 1 saturated carbocycles. The highest BCUT2D eigenvalue weighted by atomic mass is 16.3. The van der Waals surface area contributed by atoms with Gasteiger partial charge in [-0.3, -0.25) is 4.90 Å².